The molecule has 0 spiro atoms. The second-order valence-electron chi connectivity index (χ2n) is 4.00. The summed E-state index contributed by atoms with van der Waals surface area (Å²) in [7, 11) is 0. The summed E-state index contributed by atoms with van der Waals surface area (Å²) in [6, 6.07) is 4.76. The summed E-state index contributed by atoms with van der Waals surface area (Å²) in [5, 5.41) is 0. The topological polar surface area (TPSA) is 61.5 Å². The highest BCUT2D eigenvalue weighted by Gasteiger charge is 2.33. The van der Waals surface area contributed by atoms with E-state index in [1.165, 1.54) is 19.1 Å². The number of hydrogen-bond donors (Lipinski definition) is 1. The Morgan fingerprint density at radius 3 is 2.21 bits per heavy atom. The van der Waals surface area contributed by atoms with Crippen LogP contribution in [0.3, 0.4) is 0 Å². The Morgan fingerprint density at radius 1 is 1.26 bits per heavy atom. The van der Waals surface area contributed by atoms with Gasteiger partial charge in [0, 0.05) is 0 Å². The van der Waals surface area contributed by atoms with E-state index in [1.807, 2.05) is 0 Å². The molecule has 0 aliphatic carbocycles. The van der Waals surface area contributed by atoms with Crippen LogP contribution in [0, 0.1) is 0 Å². The normalized spacial score (nSPS) is 14.6. The highest BCUT2D eigenvalue weighted by molar-refractivity contribution is 5.81. The van der Waals surface area contributed by atoms with Gasteiger partial charge in [-0.2, -0.15) is 0 Å². The van der Waals surface area contributed by atoms with Crippen LogP contribution in [0.15, 0.2) is 24.3 Å². The first-order valence-electron chi connectivity index (χ1n) is 5.49. The lowest BCUT2D eigenvalue weighted by Gasteiger charge is -2.23. The van der Waals surface area contributed by atoms with Gasteiger partial charge in [-0.15, -0.1) is 13.2 Å². The largest absolute Gasteiger partial charge is 0.573 e. The van der Waals surface area contributed by atoms with E-state index in [2.05, 4.69) is 4.74 Å². The maximum atomic E-state index is 12.0. The highest BCUT2D eigenvalue weighted by Crippen LogP contribution is 2.26. The van der Waals surface area contributed by atoms with Gasteiger partial charge in [-0.3, -0.25) is 0 Å². The number of benzene rings is 1. The standard InChI is InChI=1S/C12H14F3NO3/c1-3-18-10(17)11(2,16)8-4-6-9(7-5-8)19-12(13,14)15/h4-7H,3,16H2,1-2H3. The van der Waals surface area contributed by atoms with Gasteiger partial charge in [0.05, 0.1) is 6.61 Å². The lowest BCUT2D eigenvalue weighted by Crippen LogP contribution is -2.43. The van der Waals surface area contributed by atoms with E-state index >= 15 is 0 Å². The van der Waals surface area contributed by atoms with Crippen molar-refractivity contribution in [1.82, 2.24) is 0 Å². The fourth-order valence-corrected chi connectivity index (χ4v) is 1.40. The number of esters is 1. The van der Waals surface area contributed by atoms with Crippen molar-refractivity contribution >= 4 is 5.97 Å². The highest BCUT2D eigenvalue weighted by atomic mass is 19.4. The van der Waals surface area contributed by atoms with Gasteiger partial charge in [0.1, 0.15) is 11.3 Å². The minimum atomic E-state index is -4.76. The van der Waals surface area contributed by atoms with Crippen molar-refractivity contribution in [3.63, 3.8) is 0 Å². The summed E-state index contributed by atoms with van der Waals surface area (Å²) in [6.07, 6.45) is -4.76. The Morgan fingerprint density at radius 2 is 1.79 bits per heavy atom. The summed E-state index contributed by atoms with van der Waals surface area (Å²) in [6.45, 7) is 3.22. The second-order valence-corrected chi connectivity index (χ2v) is 4.00. The van der Waals surface area contributed by atoms with Crippen molar-refractivity contribution in [2.75, 3.05) is 6.61 Å². The van der Waals surface area contributed by atoms with Gasteiger partial charge >= 0.3 is 12.3 Å². The van der Waals surface area contributed by atoms with E-state index < -0.39 is 17.9 Å². The molecule has 0 amide bonds. The molecular formula is C12H14F3NO3. The zero-order chi connectivity index (χ0) is 14.7. The third-order valence-electron chi connectivity index (χ3n) is 2.39. The molecule has 19 heavy (non-hydrogen) atoms. The van der Waals surface area contributed by atoms with Crippen LogP contribution in [-0.4, -0.2) is 18.9 Å². The molecule has 0 heterocycles. The zero-order valence-corrected chi connectivity index (χ0v) is 10.5. The van der Waals surface area contributed by atoms with Crippen LogP contribution in [0.2, 0.25) is 0 Å². The summed E-state index contributed by atoms with van der Waals surface area (Å²) in [5.74, 6) is -1.03. The minimum absolute atomic E-state index is 0.168. The predicted molar refractivity (Wildman–Crippen MR) is 61.3 cm³/mol. The Labute approximate surface area is 108 Å². The van der Waals surface area contributed by atoms with Crippen molar-refractivity contribution in [2.45, 2.75) is 25.7 Å². The number of carbonyl (C=O) groups is 1. The summed E-state index contributed by atoms with van der Waals surface area (Å²) < 4.78 is 44.5. The molecule has 1 atom stereocenters. The summed E-state index contributed by atoms with van der Waals surface area (Å²) in [4.78, 5) is 11.6. The monoisotopic (exact) mass is 277 g/mol. The molecule has 1 unspecified atom stereocenters. The van der Waals surface area contributed by atoms with Crippen LogP contribution in [0.1, 0.15) is 19.4 Å². The quantitative estimate of drug-likeness (QED) is 0.858. The van der Waals surface area contributed by atoms with E-state index in [-0.39, 0.29) is 12.4 Å². The van der Waals surface area contributed by atoms with Gasteiger partial charge in [-0.05, 0) is 31.5 Å². The lowest BCUT2D eigenvalue weighted by molar-refractivity contribution is -0.274. The fraction of sp³-hybridized carbons (Fsp3) is 0.417. The van der Waals surface area contributed by atoms with E-state index in [4.69, 9.17) is 10.5 Å². The van der Waals surface area contributed by atoms with Gasteiger partial charge in [-0.1, -0.05) is 12.1 Å². The first kappa shape index (κ1) is 15.3. The Kier molecular flexibility index (Phi) is 4.41. The molecular weight excluding hydrogens is 263 g/mol. The predicted octanol–water partition coefficient (Wildman–Crippen LogP) is 2.32. The molecule has 0 radical (unpaired) electrons. The van der Waals surface area contributed by atoms with Crippen LogP contribution >= 0.6 is 0 Å². The average Bonchev–Trinajstić information content (AvgIpc) is 2.27. The Balaban J connectivity index is 2.89. The van der Waals surface area contributed by atoms with Crippen molar-refractivity contribution < 1.29 is 27.4 Å². The zero-order valence-electron chi connectivity index (χ0n) is 10.5. The molecule has 0 bridgehead atoms. The molecule has 0 aliphatic rings. The third-order valence-corrected chi connectivity index (χ3v) is 2.39. The van der Waals surface area contributed by atoms with Crippen LogP contribution < -0.4 is 10.5 Å². The van der Waals surface area contributed by atoms with Crippen LogP contribution in [0.5, 0.6) is 5.75 Å². The van der Waals surface area contributed by atoms with Crippen LogP contribution in [0.25, 0.3) is 0 Å². The van der Waals surface area contributed by atoms with Crippen molar-refractivity contribution in [3.8, 4) is 5.75 Å². The molecule has 0 saturated carbocycles. The fourth-order valence-electron chi connectivity index (χ4n) is 1.40. The van der Waals surface area contributed by atoms with Gasteiger partial charge < -0.3 is 15.2 Å². The molecule has 0 aromatic heterocycles. The molecule has 2 N–H and O–H groups in total. The van der Waals surface area contributed by atoms with Crippen molar-refractivity contribution in [3.05, 3.63) is 29.8 Å². The molecule has 1 aromatic rings. The van der Waals surface area contributed by atoms with Gasteiger partial charge in [0.25, 0.3) is 0 Å². The van der Waals surface area contributed by atoms with Crippen LogP contribution in [0.4, 0.5) is 13.2 Å². The lowest BCUT2D eigenvalue weighted by atomic mass is 9.93. The van der Waals surface area contributed by atoms with Gasteiger partial charge in [0.15, 0.2) is 0 Å². The minimum Gasteiger partial charge on any atom is -0.464 e. The molecule has 7 heteroatoms. The number of alkyl halides is 3. The molecule has 4 nitrogen and oxygen atoms in total. The number of carbonyl (C=O) groups excluding carboxylic acids is 1. The molecule has 106 valence electrons. The van der Waals surface area contributed by atoms with Gasteiger partial charge in [0.2, 0.25) is 0 Å². The van der Waals surface area contributed by atoms with Crippen molar-refractivity contribution in [1.29, 1.82) is 0 Å². The number of rotatable bonds is 4. The molecule has 0 fully saturated rings. The third kappa shape index (κ3) is 4.13. The molecule has 1 rings (SSSR count). The molecule has 0 saturated heterocycles. The first-order chi connectivity index (χ1) is 8.66. The maximum absolute atomic E-state index is 12.0. The number of nitrogens with two attached hydrogens (primary N) is 1. The number of ether oxygens (including phenoxy) is 2. The number of halogens is 3. The van der Waals surface area contributed by atoms with Crippen LogP contribution in [-0.2, 0) is 15.1 Å². The SMILES string of the molecule is CCOC(=O)C(C)(N)c1ccc(OC(F)(F)F)cc1. The summed E-state index contributed by atoms with van der Waals surface area (Å²) in [5.41, 5.74) is 4.72. The van der Waals surface area contributed by atoms with E-state index in [9.17, 15) is 18.0 Å². The summed E-state index contributed by atoms with van der Waals surface area (Å²) >= 11 is 0. The first-order valence-corrected chi connectivity index (χ1v) is 5.49. The maximum Gasteiger partial charge on any atom is 0.573 e. The second kappa shape index (κ2) is 5.48. The Hall–Kier alpha value is -1.76. The van der Waals surface area contributed by atoms with E-state index in [0.717, 1.165) is 12.1 Å². The molecule has 1 aromatic carbocycles. The van der Waals surface area contributed by atoms with E-state index in [1.54, 1.807) is 6.92 Å². The number of hydrogen-bond acceptors (Lipinski definition) is 4. The Bertz CT molecular complexity index is 441. The van der Waals surface area contributed by atoms with Gasteiger partial charge in [-0.25, -0.2) is 4.79 Å². The van der Waals surface area contributed by atoms with Crippen molar-refractivity contribution in [2.24, 2.45) is 5.73 Å². The molecule has 0 aliphatic heterocycles. The average molecular weight is 277 g/mol. The smallest absolute Gasteiger partial charge is 0.464 e. The van der Waals surface area contributed by atoms with E-state index in [0.29, 0.717) is 5.56 Å².